The van der Waals surface area contributed by atoms with E-state index in [1.54, 1.807) is 42.5 Å². The van der Waals surface area contributed by atoms with Crippen molar-refractivity contribution >= 4 is 34.7 Å². The Morgan fingerprint density at radius 1 is 1.04 bits per heavy atom. The van der Waals surface area contributed by atoms with Crippen LogP contribution < -0.4 is 16.0 Å². The summed E-state index contributed by atoms with van der Waals surface area (Å²) in [4.78, 5) is 12.1. The van der Waals surface area contributed by atoms with Gasteiger partial charge in [-0.25, -0.2) is 4.79 Å². The normalized spacial score (nSPS) is 10.2. The largest absolute Gasteiger partial charge is 0.395 e. The molecule has 2 aromatic carbocycles. The summed E-state index contributed by atoms with van der Waals surface area (Å²) in [5.41, 5.74) is 2.36. The number of amides is 2. The highest BCUT2D eigenvalue weighted by molar-refractivity contribution is 6.31. The summed E-state index contributed by atoms with van der Waals surface area (Å²) in [5.74, 6) is 0. The van der Waals surface area contributed by atoms with Crippen LogP contribution in [0.15, 0.2) is 42.5 Å². The van der Waals surface area contributed by atoms with Gasteiger partial charge in [0.2, 0.25) is 0 Å². The zero-order valence-corrected chi connectivity index (χ0v) is 13.1. The molecule has 122 valence electrons. The molecule has 0 aromatic heterocycles. The summed E-state index contributed by atoms with van der Waals surface area (Å²) >= 11 is 6.01. The van der Waals surface area contributed by atoms with E-state index in [-0.39, 0.29) is 13.2 Å². The van der Waals surface area contributed by atoms with E-state index in [1.165, 1.54) is 0 Å². The van der Waals surface area contributed by atoms with Crippen molar-refractivity contribution in [2.45, 2.75) is 6.61 Å². The number of hydrogen-bond acceptors (Lipinski definition) is 4. The van der Waals surface area contributed by atoms with Crippen LogP contribution in [0.3, 0.4) is 0 Å². The molecule has 0 bridgehead atoms. The van der Waals surface area contributed by atoms with E-state index in [1.807, 2.05) is 0 Å². The molecule has 0 saturated carbocycles. The predicted octanol–water partition coefficient (Wildman–Crippen LogP) is 2.88. The Morgan fingerprint density at radius 2 is 1.78 bits per heavy atom. The standard InChI is InChI=1S/C16H18ClN3O3/c17-12-7-13(18-5-6-21)9-14(8-12)19-16(23)20-15-4-2-1-3-11(15)10-22/h1-4,7-9,18,21-22H,5-6,10H2,(H2,19,20,23). The van der Waals surface area contributed by atoms with E-state index in [2.05, 4.69) is 16.0 Å². The van der Waals surface area contributed by atoms with Crippen LogP contribution in [-0.2, 0) is 6.61 Å². The highest BCUT2D eigenvalue weighted by Crippen LogP contribution is 2.23. The summed E-state index contributed by atoms with van der Waals surface area (Å²) in [6.07, 6.45) is 0. The molecule has 23 heavy (non-hydrogen) atoms. The van der Waals surface area contributed by atoms with Gasteiger partial charge in [0.05, 0.1) is 13.2 Å². The van der Waals surface area contributed by atoms with Gasteiger partial charge in [0, 0.05) is 34.2 Å². The summed E-state index contributed by atoms with van der Waals surface area (Å²) in [6.45, 7) is 0.215. The fourth-order valence-corrected chi connectivity index (χ4v) is 2.26. The molecule has 5 N–H and O–H groups in total. The molecule has 2 aromatic rings. The molecule has 0 fully saturated rings. The Hall–Kier alpha value is -2.28. The molecular weight excluding hydrogens is 318 g/mol. The maximum atomic E-state index is 12.1. The van der Waals surface area contributed by atoms with Crippen LogP contribution in [0, 0.1) is 0 Å². The van der Waals surface area contributed by atoms with Gasteiger partial charge in [-0.05, 0) is 24.3 Å². The molecule has 0 aliphatic rings. The number of aliphatic hydroxyl groups is 2. The first-order valence-corrected chi connectivity index (χ1v) is 7.42. The molecule has 2 amide bonds. The van der Waals surface area contributed by atoms with Crippen LogP contribution in [0.5, 0.6) is 0 Å². The summed E-state index contributed by atoms with van der Waals surface area (Å²) in [6, 6.07) is 11.6. The van der Waals surface area contributed by atoms with E-state index < -0.39 is 6.03 Å². The fraction of sp³-hybridized carbons (Fsp3) is 0.188. The van der Waals surface area contributed by atoms with Crippen LogP contribution in [0.25, 0.3) is 0 Å². The molecule has 0 heterocycles. The minimum atomic E-state index is -0.443. The van der Waals surface area contributed by atoms with Crippen molar-refractivity contribution in [3.63, 3.8) is 0 Å². The van der Waals surface area contributed by atoms with Crippen LogP contribution in [0.1, 0.15) is 5.56 Å². The van der Waals surface area contributed by atoms with Gasteiger partial charge in [-0.15, -0.1) is 0 Å². The predicted molar refractivity (Wildman–Crippen MR) is 92.0 cm³/mol. The molecule has 0 unspecified atom stereocenters. The number of rotatable bonds is 6. The number of anilines is 3. The van der Waals surface area contributed by atoms with Gasteiger partial charge in [0.15, 0.2) is 0 Å². The molecule has 0 spiro atoms. The van der Waals surface area contributed by atoms with Gasteiger partial charge < -0.3 is 26.2 Å². The lowest BCUT2D eigenvalue weighted by atomic mass is 10.2. The maximum Gasteiger partial charge on any atom is 0.323 e. The first-order valence-electron chi connectivity index (χ1n) is 7.04. The van der Waals surface area contributed by atoms with Crippen molar-refractivity contribution in [1.29, 1.82) is 0 Å². The molecule has 2 rings (SSSR count). The number of halogens is 1. The number of para-hydroxylation sites is 1. The zero-order valence-electron chi connectivity index (χ0n) is 12.3. The Labute approximate surface area is 139 Å². The number of urea groups is 1. The summed E-state index contributed by atoms with van der Waals surface area (Å²) < 4.78 is 0. The minimum Gasteiger partial charge on any atom is -0.395 e. The molecule has 0 saturated heterocycles. The average molecular weight is 336 g/mol. The van der Waals surface area contributed by atoms with Crippen LogP contribution in [0.4, 0.5) is 21.9 Å². The lowest BCUT2D eigenvalue weighted by Crippen LogP contribution is -2.20. The number of hydrogen-bond donors (Lipinski definition) is 5. The van der Waals surface area contributed by atoms with Crippen LogP contribution >= 0.6 is 11.6 Å². The molecule has 0 aliphatic heterocycles. The molecule has 6 nitrogen and oxygen atoms in total. The van der Waals surface area contributed by atoms with Crippen LogP contribution in [-0.4, -0.2) is 29.4 Å². The molecule has 0 atom stereocenters. The maximum absolute atomic E-state index is 12.1. The second kappa shape index (κ2) is 8.38. The summed E-state index contributed by atoms with van der Waals surface area (Å²) in [5, 5.41) is 26.9. The van der Waals surface area contributed by atoms with Crippen molar-refractivity contribution in [1.82, 2.24) is 0 Å². The molecule has 0 aliphatic carbocycles. The quantitative estimate of drug-likeness (QED) is 0.561. The lowest BCUT2D eigenvalue weighted by molar-refractivity contribution is 0.262. The van der Waals surface area contributed by atoms with Crippen molar-refractivity contribution in [2.75, 3.05) is 29.1 Å². The van der Waals surface area contributed by atoms with Gasteiger partial charge in [-0.2, -0.15) is 0 Å². The second-order valence-corrected chi connectivity index (χ2v) is 5.21. The van der Waals surface area contributed by atoms with Crippen molar-refractivity contribution in [3.8, 4) is 0 Å². The third-order valence-electron chi connectivity index (χ3n) is 3.03. The van der Waals surface area contributed by atoms with E-state index in [0.29, 0.717) is 34.2 Å². The SMILES string of the molecule is O=C(Nc1cc(Cl)cc(NCCO)c1)Nc1ccccc1CO. The van der Waals surface area contributed by atoms with Crippen molar-refractivity contribution < 1.29 is 15.0 Å². The topological polar surface area (TPSA) is 93.6 Å². The number of carbonyl (C=O) groups excluding carboxylic acids is 1. The Kier molecular flexibility index (Phi) is 6.22. The first-order chi connectivity index (χ1) is 11.1. The van der Waals surface area contributed by atoms with E-state index >= 15 is 0 Å². The van der Waals surface area contributed by atoms with E-state index in [4.69, 9.17) is 16.7 Å². The molecule has 0 radical (unpaired) electrons. The third kappa shape index (κ3) is 5.14. The van der Waals surface area contributed by atoms with E-state index in [0.717, 1.165) is 0 Å². The summed E-state index contributed by atoms with van der Waals surface area (Å²) in [7, 11) is 0. The Morgan fingerprint density at radius 3 is 2.52 bits per heavy atom. The van der Waals surface area contributed by atoms with Crippen LogP contribution in [0.2, 0.25) is 5.02 Å². The number of nitrogens with one attached hydrogen (secondary N) is 3. The van der Waals surface area contributed by atoms with E-state index in [9.17, 15) is 9.90 Å². The third-order valence-corrected chi connectivity index (χ3v) is 3.25. The fourth-order valence-electron chi connectivity index (χ4n) is 2.03. The smallest absolute Gasteiger partial charge is 0.323 e. The van der Waals surface area contributed by atoms with Gasteiger partial charge in [0.1, 0.15) is 0 Å². The average Bonchev–Trinajstić information content (AvgIpc) is 2.52. The van der Waals surface area contributed by atoms with Crippen molar-refractivity contribution in [3.05, 3.63) is 53.1 Å². The number of benzene rings is 2. The highest BCUT2D eigenvalue weighted by atomic mass is 35.5. The monoisotopic (exact) mass is 335 g/mol. The van der Waals surface area contributed by atoms with Gasteiger partial charge in [0.25, 0.3) is 0 Å². The molecule has 7 heteroatoms. The highest BCUT2D eigenvalue weighted by Gasteiger charge is 2.07. The lowest BCUT2D eigenvalue weighted by Gasteiger charge is -2.12. The number of aliphatic hydroxyl groups excluding tert-OH is 2. The van der Waals surface area contributed by atoms with Gasteiger partial charge in [-0.3, -0.25) is 0 Å². The second-order valence-electron chi connectivity index (χ2n) is 4.77. The molecular formula is C16H18ClN3O3. The van der Waals surface area contributed by atoms with Gasteiger partial charge >= 0.3 is 6.03 Å². The Bertz CT molecular complexity index is 679. The number of carbonyl (C=O) groups is 1. The first kappa shape index (κ1) is 17.1. The van der Waals surface area contributed by atoms with Crippen molar-refractivity contribution in [2.24, 2.45) is 0 Å². The minimum absolute atomic E-state index is 0.00624. The zero-order chi connectivity index (χ0) is 16.7. The Balaban J connectivity index is 2.06. The van der Waals surface area contributed by atoms with Gasteiger partial charge in [-0.1, -0.05) is 29.8 Å².